The van der Waals surface area contributed by atoms with Gasteiger partial charge in [-0.1, -0.05) is 42.0 Å². The summed E-state index contributed by atoms with van der Waals surface area (Å²) in [7, 11) is -3.75. The summed E-state index contributed by atoms with van der Waals surface area (Å²) in [5, 5.41) is 0. The minimum atomic E-state index is -3.75. The number of ether oxygens (including phenoxy) is 1. The summed E-state index contributed by atoms with van der Waals surface area (Å²) in [6, 6.07) is 19.9. The van der Waals surface area contributed by atoms with Gasteiger partial charge >= 0.3 is 5.97 Å². The first kappa shape index (κ1) is 27.0. The Morgan fingerprint density at radius 2 is 1.65 bits per heavy atom. The molecule has 1 aliphatic heterocycles. The number of aryl methyl sites for hydroxylation is 2. The zero-order valence-corrected chi connectivity index (χ0v) is 22.1. The van der Waals surface area contributed by atoms with Crippen LogP contribution in [0.4, 0.5) is 4.39 Å². The lowest BCUT2D eigenvalue weighted by molar-refractivity contribution is -0.136. The normalized spacial score (nSPS) is 17.6. The first-order valence-corrected chi connectivity index (χ1v) is 14.0. The van der Waals surface area contributed by atoms with Crippen LogP contribution in [0.15, 0.2) is 77.7 Å². The van der Waals surface area contributed by atoms with Crippen molar-refractivity contribution in [2.24, 2.45) is 0 Å². The monoisotopic (exact) mass is 524 g/mol. The fraction of sp³-hybridized carbons (Fsp3) is 0.345. The number of carbonyl (C=O) groups is 1. The van der Waals surface area contributed by atoms with E-state index in [2.05, 4.69) is 4.90 Å². The lowest BCUT2D eigenvalue weighted by Crippen LogP contribution is -2.49. The molecule has 1 atom stereocenters. The van der Waals surface area contributed by atoms with Crippen LogP contribution in [0.2, 0.25) is 0 Å². The zero-order valence-electron chi connectivity index (χ0n) is 21.3. The van der Waals surface area contributed by atoms with Gasteiger partial charge < -0.3 is 4.74 Å². The van der Waals surface area contributed by atoms with Crippen LogP contribution < -0.4 is 4.74 Å². The van der Waals surface area contributed by atoms with E-state index in [0.29, 0.717) is 31.8 Å². The Morgan fingerprint density at radius 3 is 2.35 bits per heavy atom. The van der Waals surface area contributed by atoms with Crippen molar-refractivity contribution in [1.82, 2.24) is 9.21 Å². The SMILES string of the molecule is Cc1ccc(S(=O)(=O)N2CCCCN(Cc3ccc(F)cc3)C(CC(=O)Oc3cccc(C)c3)C2)cc1. The number of hydrogen-bond donors (Lipinski definition) is 0. The maximum absolute atomic E-state index is 13.6. The molecular weight excluding hydrogens is 491 g/mol. The molecule has 8 heteroatoms. The van der Waals surface area contributed by atoms with E-state index in [9.17, 15) is 17.6 Å². The smallest absolute Gasteiger partial charge is 0.312 e. The molecule has 1 saturated heterocycles. The van der Waals surface area contributed by atoms with Crippen LogP contribution >= 0.6 is 0 Å². The topological polar surface area (TPSA) is 66.9 Å². The first-order valence-electron chi connectivity index (χ1n) is 12.5. The Kier molecular flexibility index (Phi) is 8.74. The van der Waals surface area contributed by atoms with Crippen LogP contribution in [0.5, 0.6) is 5.75 Å². The molecule has 0 spiro atoms. The van der Waals surface area contributed by atoms with Crippen LogP contribution in [0, 0.1) is 19.7 Å². The van der Waals surface area contributed by atoms with Crippen molar-refractivity contribution in [2.75, 3.05) is 19.6 Å². The maximum atomic E-state index is 13.6. The van der Waals surface area contributed by atoms with E-state index in [-0.39, 0.29) is 23.7 Å². The second-order valence-corrected chi connectivity index (χ2v) is 11.6. The molecule has 1 fully saturated rings. The van der Waals surface area contributed by atoms with Gasteiger partial charge in [0.15, 0.2) is 0 Å². The predicted octanol–water partition coefficient (Wildman–Crippen LogP) is 5.09. The van der Waals surface area contributed by atoms with Crippen molar-refractivity contribution in [1.29, 1.82) is 0 Å². The fourth-order valence-corrected chi connectivity index (χ4v) is 6.09. The van der Waals surface area contributed by atoms with Crippen molar-refractivity contribution in [2.45, 2.75) is 50.6 Å². The fourth-order valence-electron chi connectivity index (χ4n) is 4.58. The average molecular weight is 525 g/mol. The molecule has 4 rings (SSSR count). The molecule has 0 radical (unpaired) electrons. The molecule has 3 aromatic carbocycles. The van der Waals surface area contributed by atoms with Gasteiger partial charge in [0.05, 0.1) is 11.3 Å². The highest BCUT2D eigenvalue weighted by molar-refractivity contribution is 7.89. The summed E-state index contributed by atoms with van der Waals surface area (Å²) in [6.07, 6.45) is 1.49. The van der Waals surface area contributed by atoms with E-state index >= 15 is 0 Å². The van der Waals surface area contributed by atoms with Crippen LogP contribution in [0.1, 0.15) is 36.0 Å². The predicted molar refractivity (Wildman–Crippen MR) is 141 cm³/mol. The minimum absolute atomic E-state index is 0.0229. The lowest BCUT2D eigenvalue weighted by Gasteiger charge is -2.37. The molecule has 0 aliphatic carbocycles. The lowest BCUT2D eigenvalue weighted by atomic mass is 10.1. The van der Waals surface area contributed by atoms with Gasteiger partial charge in [-0.3, -0.25) is 9.69 Å². The van der Waals surface area contributed by atoms with Gasteiger partial charge in [0.1, 0.15) is 11.6 Å². The molecule has 196 valence electrons. The van der Waals surface area contributed by atoms with E-state index in [1.54, 1.807) is 48.5 Å². The van der Waals surface area contributed by atoms with Gasteiger partial charge in [-0.15, -0.1) is 0 Å². The third-order valence-corrected chi connectivity index (χ3v) is 8.49. The van der Waals surface area contributed by atoms with E-state index in [4.69, 9.17) is 4.74 Å². The largest absolute Gasteiger partial charge is 0.426 e. The molecule has 1 aliphatic rings. The van der Waals surface area contributed by atoms with Crippen molar-refractivity contribution < 1.29 is 22.3 Å². The number of halogens is 1. The highest BCUT2D eigenvalue weighted by Crippen LogP contribution is 2.24. The Balaban J connectivity index is 1.60. The second-order valence-electron chi connectivity index (χ2n) is 9.63. The molecule has 0 aromatic heterocycles. The van der Waals surface area contributed by atoms with Gasteiger partial charge in [-0.2, -0.15) is 4.31 Å². The molecule has 1 unspecified atom stereocenters. The highest BCUT2D eigenvalue weighted by atomic mass is 32.2. The average Bonchev–Trinajstić information content (AvgIpc) is 2.84. The molecule has 0 saturated carbocycles. The minimum Gasteiger partial charge on any atom is -0.426 e. The summed E-state index contributed by atoms with van der Waals surface area (Å²) < 4.78 is 47.7. The quantitative estimate of drug-likeness (QED) is 0.318. The molecule has 0 N–H and O–H groups in total. The molecular formula is C29H33FN2O4S. The van der Waals surface area contributed by atoms with Crippen molar-refractivity contribution in [3.8, 4) is 5.75 Å². The van der Waals surface area contributed by atoms with Crippen molar-refractivity contribution in [3.05, 3.63) is 95.3 Å². The van der Waals surface area contributed by atoms with E-state index in [1.807, 2.05) is 26.0 Å². The number of carbonyl (C=O) groups excluding carboxylic acids is 1. The van der Waals surface area contributed by atoms with Crippen LogP contribution in [-0.4, -0.2) is 49.3 Å². The molecule has 0 amide bonds. The van der Waals surface area contributed by atoms with Gasteiger partial charge in [0.2, 0.25) is 10.0 Å². The number of hydrogen-bond acceptors (Lipinski definition) is 5. The Labute approximate surface area is 218 Å². The standard InChI is InChI=1S/C29H33FN2O4S/c1-22-8-14-28(15-9-22)37(34,35)32-17-4-3-16-31(20-24-10-12-25(30)13-11-24)26(21-32)19-29(33)36-27-7-5-6-23(2)18-27/h5-15,18,26H,3-4,16-17,19-21H2,1-2H3. The van der Waals surface area contributed by atoms with Gasteiger partial charge in [-0.05, 0) is 80.8 Å². The summed E-state index contributed by atoms with van der Waals surface area (Å²) >= 11 is 0. The van der Waals surface area contributed by atoms with Crippen LogP contribution in [-0.2, 0) is 21.4 Å². The summed E-state index contributed by atoms with van der Waals surface area (Å²) in [5.41, 5.74) is 2.85. The van der Waals surface area contributed by atoms with Crippen LogP contribution in [0.25, 0.3) is 0 Å². The number of esters is 1. The Bertz CT molecular complexity index is 1310. The van der Waals surface area contributed by atoms with E-state index in [1.165, 1.54) is 16.4 Å². The maximum Gasteiger partial charge on any atom is 0.312 e. The number of nitrogens with zero attached hydrogens (tertiary/aromatic N) is 2. The van der Waals surface area contributed by atoms with E-state index < -0.39 is 22.0 Å². The number of sulfonamides is 1. The third kappa shape index (κ3) is 7.25. The summed E-state index contributed by atoms with van der Waals surface area (Å²) in [6.45, 7) is 5.53. The molecule has 0 bridgehead atoms. The van der Waals surface area contributed by atoms with Gasteiger partial charge in [0, 0.05) is 25.7 Å². The van der Waals surface area contributed by atoms with Crippen molar-refractivity contribution >= 4 is 16.0 Å². The number of benzene rings is 3. The van der Waals surface area contributed by atoms with Gasteiger partial charge in [0.25, 0.3) is 0 Å². The zero-order chi connectivity index (χ0) is 26.4. The Hall–Kier alpha value is -3.07. The first-order chi connectivity index (χ1) is 17.7. The molecule has 6 nitrogen and oxygen atoms in total. The van der Waals surface area contributed by atoms with Gasteiger partial charge in [-0.25, -0.2) is 12.8 Å². The highest BCUT2D eigenvalue weighted by Gasteiger charge is 2.33. The van der Waals surface area contributed by atoms with Crippen molar-refractivity contribution in [3.63, 3.8) is 0 Å². The molecule has 37 heavy (non-hydrogen) atoms. The van der Waals surface area contributed by atoms with E-state index in [0.717, 1.165) is 23.1 Å². The van der Waals surface area contributed by atoms with Crippen LogP contribution in [0.3, 0.4) is 0 Å². The Morgan fingerprint density at radius 1 is 0.946 bits per heavy atom. The third-order valence-electron chi connectivity index (χ3n) is 6.61. The molecule has 3 aromatic rings. The summed E-state index contributed by atoms with van der Waals surface area (Å²) in [5.74, 6) is -0.275. The number of rotatable bonds is 7. The molecule has 1 heterocycles. The second kappa shape index (κ2) is 12.0. The summed E-state index contributed by atoms with van der Waals surface area (Å²) in [4.78, 5) is 15.4.